The molecule has 1 amide bonds. The highest BCUT2D eigenvalue weighted by Crippen LogP contribution is 2.27. The molecule has 1 aromatic carbocycles. The maximum Gasteiger partial charge on any atom is 0.257 e. The van der Waals surface area contributed by atoms with Crippen LogP contribution in [0.2, 0.25) is 0 Å². The molecule has 2 aliphatic rings. The molecule has 2 fully saturated rings. The molecule has 2 N–H and O–H groups in total. The molecule has 5 heteroatoms. The van der Waals surface area contributed by atoms with E-state index < -0.39 is 5.82 Å². The Bertz CT molecular complexity index is 521. The summed E-state index contributed by atoms with van der Waals surface area (Å²) in [6.07, 6.45) is 4.46. The lowest BCUT2D eigenvalue weighted by molar-refractivity contribution is 0.0671. The Hall–Kier alpha value is -1.62. The first-order valence-electron chi connectivity index (χ1n) is 7.66. The number of phenols is 1. The highest BCUT2D eigenvalue weighted by Gasteiger charge is 2.30. The number of nitrogens with zero attached hydrogens (tertiary/aromatic N) is 1. The Morgan fingerprint density at radius 1 is 1.29 bits per heavy atom. The molecular formula is C16H21FN2O2. The van der Waals surface area contributed by atoms with Crippen molar-refractivity contribution in [2.45, 2.75) is 31.7 Å². The summed E-state index contributed by atoms with van der Waals surface area (Å²) < 4.78 is 13.0. The molecule has 0 aromatic heterocycles. The van der Waals surface area contributed by atoms with E-state index in [1.165, 1.54) is 25.0 Å². The first-order chi connectivity index (χ1) is 10.1. The summed E-state index contributed by atoms with van der Waals surface area (Å²) in [4.78, 5) is 14.1. The summed E-state index contributed by atoms with van der Waals surface area (Å²) in [5.41, 5.74) is 0.189. The molecule has 1 atom stereocenters. The van der Waals surface area contributed by atoms with Crippen LogP contribution in [-0.4, -0.2) is 41.6 Å². The van der Waals surface area contributed by atoms with Gasteiger partial charge in [0, 0.05) is 25.2 Å². The number of piperidine rings is 1. The smallest absolute Gasteiger partial charge is 0.257 e. The zero-order valence-corrected chi connectivity index (χ0v) is 12.0. The fraction of sp³-hybridized carbons (Fsp3) is 0.562. The van der Waals surface area contributed by atoms with Crippen LogP contribution in [0.5, 0.6) is 5.75 Å². The van der Waals surface area contributed by atoms with Gasteiger partial charge < -0.3 is 15.3 Å². The molecule has 2 heterocycles. The van der Waals surface area contributed by atoms with Gasteiger partial charge in [0.1, 0.15) is 11.6 Å². The van der Waals surface area contributed by atoms with Crippen molar-refractivity contribution in [3.05, 3.63) is 29.6 Å². The third kappa shape index (κ3) is 3.02. The molecule has 0 saturated carbocycles. The maximum absolute atomic E-state index is 13.0. The number of amides is 1. The second kappa shape index (κ2) is 6.02. The van der Waals surface area contributed by atoms with Crippen LogP contribution < -0.4 is 5.32 Å². The molecule has 1 unspecified atom stereocenters. The largest absolute Gasteiger partial charge is 0.507 e. The third-order valence-corrected chi connectivity index (χ3v) is 4.68. The van der Waals surface area contributed by atoms with E-state index in [1.54, 1.807) is 4.90 Å². The van der Waals surface area contributed by atoms with E-state index in [9.17, 15) is 14.3 Å². The van der Waals surface area contributed by atoms with E-state index in [2.05, 4.69) is 5.32 Å². The number of aromatic hydroxyl groups is 1. The van der Waals surface area contributed by atoms with Crippen LogP contribution in [0.1, 0.15) is 36.0 Å². The van der Waals surface area contributed by atoms with Crippen molar-refractivity contribution in [2.75, 3.05) is 19.6 Å². The van der Waals surface area contributed by atoms with E-state index in [1.807, 2.05) is 0 Å². The molecule has 0 aliphatic carbocycles. The van der Waals surface area contributed by atoms with Crippen LogP contribution in [0, 0.1) is 11.7 Å². The number of halogens is 1. The Morgan fingerprint density at radius 3 is 2.67 bits per heavy atom. The normalized spacial score (nSPS) is 23.5. The number of carbonyl (C=O) groups is 1. The second-order valence-electron chi connectivity index (χ2n) is 5.99. The number of hydrogen-bond donors (Lipinski definition) is 2. The Balaban J connectivity index is 1.62. The van der Waals surface area contributed by atoms with Crippen LogP contribution >= 0.6 is 0 Å². The summed E-state index contributed by atoms with van der Waals surface area (Å²) in [5.74, 6) is -0.377. The lowest BCUT2D eigenvalue weighted by Crippen LogP contribution is -2.43. The molecule has 21 heavy (non-hydrogen) atoms. The number of benzene rings is 1. The fourth-order valence-electron chi connectivity index (χ4n) is 3.47. The molecule has 3 rings (SSSR count). The van der Waals surface area contributed by atoms with Gasteiger partial charge in [-0.2, -0.15) is 0 Å². The van der Waals surface area contributed by atoms with Gasteiger partial charge in [0.25, 0.3) is 5.91 Å². The van der Waals surface area contributed by atoms with E-state index in [4.69, 9.17) is 0 Å². The van der Waals surface area contributed by atoms with Crippen molar-refractivity contribution in [1.29, 1.82) is 0 Å². The van der Waals surface area contributed by atoms with Gasteiger partial charge in [0.05, 0.1) is 5.56 Å². The van der Waals surface area contributed by atoms with E-state index in [-0.39, 0.29) is 17.2 Å². The van der Waals surface area contributed by atoms with Gasteiger partial charge in [-0.3, -0.25) is 4.79 Å². The summed E-state index contributed by atoms with van der Waals surface area (Å²) >= 11 is 0. The molecule has 0 spiro atoms. The molecule has 2 aliphatic heterocycles. The van der Waals surface area contributed by atoms with Gasteiger partial charge in [0.15, 0.2) is 0 Å². The van der Waals surface area contributed by atoms with Crippen molar-refractivity contribution < 1.29 is 14.3 Å². The minimum Gasteiger partial charge on any atom is -0.507 e. The molecule has 114 valence electrons. The van der Waals surface area contributed by atoms with Crippen molar-refractivity contribution in [2.24, 2.45) is 5.92 Å². The van der Waals surface area contributed by atoms with Crippen molar-refractivity contribution in [3.63, 3.8) is 0 Å². The van der Waals surface area contributed by atoms with Crippen LogP contribution in [0.3, 0.4) is 0 Å². The molecule has 0 radical (unpaired) electrons. The molecule has 0 bridgehead atoms. The Labute approximate surface area is 124 Å². The second-order valence-corrected chi connectivity index (χ2v) is 5.99. The number of rotatable bonds is 2. The van der Waals surface area contributed by atoms with E-state index in [0.717, 1.165) is 25.5 Å². The van der Waals surface area contributed by atoms with Gasteiger partial charge in [-0.05, 0) is 50.3 Å². The molecule has 1 aromatic rings. The van der Waals surface area contributed by atoms with Gasteiger partial charge >= 0.3 is 0 Å². The zero-order chi connectivity index (χ0) is 14.8. The minimum atomic E-state index is -0.532. The van der Waals surface area contributed by atoms with Crippen LogP contribution in [-0.2, 0) is 0 Å². The number of phenolic OH excluding ortho intramolecular Hbond substituents is 1. The summed E-state index contributed by atoms with van der Waals surface area (Å²) in [6, 6.07) is 4.16. The number of hydrogen-bond acceptors (Lipinski definition) is 3. The SMILES string of the molecule is O=C(c1ccc(F)cc1O)N1CCC(C2CCCN2)CC1. The summed E-state index contributed by atoms with van der Waals surface area (Å²) in [5, 5.41) is 13.3. The zero-order valence-electron chi connectivity index (χ0n) is 12.0. The third-order valence-electron chi connectivity index (χ3n) is 4.68. The average Bonchev–Trinajstić information content (AvgIpc) is 3.01. The van der Waals surface area contributed by atoms with Crippen molar-refractivity contribution >= 4 is 5.91 Å². The summed E-state index contributed by atoms with van der Waals surface area (Å²) in [7, 11) is 0. The van der Waals surface area contributed by atoms with Crippen molar-refractivity contribution in [3.8, 4) is 5.75 Å². The number of nitrogens with one attached hydrogen (secondary N) is 1. The summed E-state index contributed by atoms with van der Waals surface area (Å²) in [6.45, 7) is 2.52. The highest BCUT2D eigenvalue weighted by molar-refractivity contribution is 5.96. The van der Waals surface area contributed by atoms with Crippen LogP contribution in [0.4, 0.5) is 4.39 Å². The van der Waals surface area contributed by atoms with Gasteiger partial charge in [-0.25, -0.2) is 4.39 Å². The van der Waals surface area contributed by atoms with Gasteiger partial charge in [-0.1, -0.05) is 0 Å². The lowest BCUT2D eigenvalue weighted by Gasteiger charge is -2.35. The van der Waals surface area contributed by atoms with Crippen LogP contribution in [0.25, 0.3) is 0 Å². The first kappa shape index (κ1) is 14.3. The predicted molar refractivity (Wildman–Crippen MR) is 77.7 cm³/mol. The van der Waals surface area contributed by atoms with E-state index >= 15 is 0 Å². The topological polar surface area (TPSA) is 52.6 Å². The number of likely N-dealkylation sites (tertiary alicyclic amines) is 1. The highest BCUT2D eigenvalue weighted by atomic mass is 19.1. The van der Waals surface area contributed by atoms with Crippen LogP contribution in [0.15, 0.2) is 18.2 Å². The fourth-order valence-corrected chi connectivity index (χ4v) is 3.47. The monoisotopic (exact) mass is 292 g/mol. The first-order valence-corrected chi connectivity index (χ1v) is 7.66. The molecule has 2 saturated heterocycles. The lowest BCUT2D eigenvalue weighted by atomic mass is 9.88. The average molecular weight is 292 g/mol. The molecule has 4 nitrogen and oxygen atoms in total. The predicted octanol–water partition coefficient (Wildman–Crippen LogP) is 2.14. The van der Waals surface area contributed by atoms with Crippen molar-refractivity contribution in [1.82, 2.24) is 10.2 Å². The Morgan fingerprint density at radius 2 is 2.05 bits per heavy atom. The van der Waals surface area contributed by atoms with E-state index in [0.29, 0.717) is 25.0 Å². The van der Waals surface area contributed by atoms with Gasteiger partial charge in [-0.15, -0.1) is 0 Å². The van der Waals surface area contributed by atoms with Gasteiger partial charge in [0.2, 0.25) is 0 Å². The quantitative estimate of drug-likeness (QED) is 0.878. The standard InChI is InChI=1S/C16H21FN2O2/c17-12-3-4-13(15(20)10-12)16(21)19-8-5-11(6-9-19)14-2-1-7-18-14/h3-4,10-11,14,18,20H,1-2,5-9H2. The number of carbonyl (C=O) groups excluding carboxylic acids is 1. The molecular weight excluding hydrogens is 271 g/mol. The minimum absolute atomic E-state index is 0.189. The Kier molecular flexibility index (Phi) is 4.10. The maximum atomic E-state index is 13.0.